The lowest BCUT2D eigenvalue weighted by molar-refractivity contribution is -0.133. The molecular formula is C23H19N3O5. The van der Waals surface area contributed by atoms with Crippen LogP contribution in [0.5, 0.6) is 23.3 Å². The Labute approximate surface area is 179 Å². The number of hydrogen-bond acceptors (Lipinski definition) is 8. The molecular weight excluding hydrogens is 398 g/mol. The first kappa shape index (κ1) is 21.3. The van der Waals surface area contributed by atoms with Crippen molar-refractivity contribution in [3.05, 3.63) is 78.3 Å². The van der Waals surface area contributed by atoms with Gasteiger partial charge in [-0.25, -0.2) is 14.8 Å². The monoisotopic (exact) mass is 417 g/mol. The van der Waals surface area contributed by atoms with Gasteiger partial charge in [0.2, 0.25) is 11.8 Å². The zero-order chi connectivity index (χ0) is 22.1. The summed E-state index contributed by atoms with van der Waals surface area (Å²) in [4.78, 5) is 20.4. The lowest BCUT2D eigenvalue weighted by Crippen LogP contribution is -2.06. The standard InChI is InChI=1S/C23H19N3O5/c1-3-29-14-18(23(27)28-2)17-9-5-7-11-20(17)31-22-12-21(25-15-26-22)30-19-10-6-4-8-16(19)13-24/h4-12,14-15H,3H2,1-2H3/b18-14+. The van der Waals surface area contributed by atoms with Crippen LogP contribution in [0.2, 0.25) is 0 Å². The molecule has 3 rings (SSSR count). The van der Waals surface area contributed by atoms with E-state index in [0.717, 1.165) is 0 Å². The molecule has 0 aliphatic heterocycles. The summed E-state index contributed by atoms with van der Waals surface area (Å²) < 4.78 is 21.8. The van der Waals surface area contributed by atoms with E-state index >= 15 is 0 Å². The van der Waals surface area contributed by atoms with Crippen molar-refractivity contribution < 1.29 is 23.7 Å². The molecule has 0 saturated carbocycles. The van der Waals surface area contributed by atoms with Crippen LogP contribution in [0, 0.1) is 11.3 Å². The third-order valence-electron chi connectivity index (χ3n) is 4.00. The third-order valence-corrected chi connectivity index (χ3v) is 4.00. The first-order chi connectivity index (χ1) is 15.2. The zero-order valence-corrected chi connectivity index (χ0v) is 16.9. The Kier molecular flexibility index (Phi) is 7.16. The van der Waals surface area contributed by atoms with Gasteiger partial charge in [-0.3, -0.25) is 0 Å². The van der Waals surface area contributed by atoms with Crippen molar-refractivity contribution in [3.63, 3.8) is 0 Å². The first-order valence-corrected chi connectivity index (χ1v) is 9.32. The fraction of sp³-hybridized carbons (Fsp3) is 0.130. The number of esters is 1. The van der Waals surface area contributed by atoms with E-state index in [1.807, 2.05) is 0 Å². The fourth-order valence-electron chi connectivity index (χ4n) is 2.58. The number of carbonyl (C=O) groups excluding carboxylic acids is 1. The van der Waals surface area contributed by atoms with Crippen molar-refractivity contribution in [2.45, 2.75) is 6.92 Å². The SMILES string of the molecule is CCO/C=C(/C(=O)OC)c1ccccc1Oc1cc(Oc2ccccc2C#N)ncn1. The van der Waals surface area contributed by atoms with Gasteiger partial charge in [-0.15, -0.1) is 0 Å². The summed E-state index contributed by atoms with van der Waals surface area (Å²) >= 11 is 0. The number of benzene rings is 2. The molecule has 0 aliphatic carbocycles. The van der Waals surface area contributed by atoms with Gasteiger partial charge in [0, 0.05) is 5.56 Å². The van der Waals surface area contributed by atoms with E-state index in [1.54, 1.807) is 55.5 Å². The second-order valence-electron chi connectivity index (χ2n) is 5.98. The van der Waals surface area contributed by atoms with Crippen LogP contribution in [-0.4, -0.2) is 29.7 Å². The number of para-hydroxylation sites is 2. The molecule has 0 atom stereocenters. The Morgan fingerprint density at radius 3 is 2.35 bits per heavy atom. The highest BCUT2D eigenvalue weighted by molar-refractivity contribution is 6.17. The van der Waals surface area contributed by atoms with Gasteiger partial charge in [0.05, 0.1) is 31.6 Å². The third kappa shape index (κ3) is 5.36. The van der Waals surface area contributed by atoms with Crippen molar-refractivity contribution in [3.8, 4) is 29.3 Å². The summed E-state index contributed by atoms with van der Waals surface area (Å²) in [7, 11) is 1.29. The minimum absolute atomic E-state index is 0.188. The molecule has 0 radical (unpaired) electrons. The van der Waals surface area contributed by atoms with Gasteiger partial charge >= 0.3 is 5.97 Å². The van der Waals surface area contributed by atoms with E-state index in [9.17, 15) is 10.1 Å². The van der Waals surface area contributed by atoms with Crippen LogP contribution in [0.4, 0.5) is 0 Å². The number of ether oxygens (including phenoxy) is 4. The van der Waals surface area contributed by atoms with Crippen molar-refractivity contribution in [2.75, 3.05) is 13.7 Å². The van der Waals surface area contributed by atoms with Gasteiger partial charge in [0.15, 0.2) is 0 Å². The minimum Gasteiger partial charge on any atom is -0.501 e. The molecule has 3 aromatic rings. The number of carbonyl (C=O) groups is 1. The highest BCUT2D eigenvalue weighted by Crippen LogP contribution is 2.32. The quantitative estimate of drug-likeness (QED) is 0.300. The normalized spacial score (nSPS) is 10.7. The molecule has 0 aliphatic rings. The summed E-state index contributed by atoms with van der Waals surface area (Å²) in [6.45, 7) is 2.20. The smallest absolute Gasteiger partial charge is 0.341 e. The van der Waals surface area contributed by atoms with Crippen LogP contribution < -0.4 is 9.47 Å². The number of rotatable bonds is 8. The Hall–Kier alpha value is -4.38. The van der Waals surface area contributed by atoms with Gasteiger partial charge in [-0.2, -0.15) is 5.26 Å². The highest BCUT2D eigenvalue weighted by Gasteiger charge is 2.18. The maximum absolute atomic E-state index is 12.2. The Balaban J connectivity index is 1.90. The Morgan fingerprint density at radius 1 is 1.03 bits per heavy atom. The molecule has 0 fully saturated rings. The van der Waals surface area contributed by atoms with Crippen molar-refractivity contribution in [1.29, 1.82) is 5.26 Å². The maximum atomic E-state index is 12.2. The van der Waals surface area contributed by atoms with Gasteiger partial charge in [0.25, 0.3) is 0 Å². The lowest BCUT2D eigenvalue weighted by atomic mass is 10.1. The second-order valence-corrected chi connectivity index (χ2v) is 5.98. The first-order valence-electron chi connectivity index (χ1n) is 9.32. The molecule has 0 spiro atoms. The van der Waals surface area contributed by atoms with Gasteiger partial charge in [-0.1, -0.05) is 30.3 Å². The van der Waals surface area contributed by atoms with E-state index in [1.165, 1.54) is 25.8 Å². The molecule has 0 saturated heterocycles. The summed E-state index contributed by atoms with van der Waals surface area (Å²) in [5.41, 5.74) is 1.05. The summed E-state index contributed by atoms with van der Waals surface area (Å²) in [5, 5.41) is 9.21. The van der Waals surface area contributed by atoms with E-state index in [-0.39, 0.29) is 17.3 Å². The van der Waals surface area contributed by atoms with Crippen LogP contribution in [0.15, 0.2) is 67.2 Å². The van der Waals surface area contributed by atoms with E-state index in [0.29, 0.717) is 29.2 Å². The molecule has 2 aromatic carbocycles. The summed E-state index contributed by atoms with van der Waals surface area (Å²) in [5.74, 6) is 0.545. The van der Waals surface area contributed by atoms with Crippen LogP contribution in [0.3, 0.4) is 0 Å². The Morgan fingerprint density at radius 2 is 1.68 bits per heavy atom. The number of methoxy groups -OCH3 is 1. The molecule has 0 amide bonds. The van der Waals surface area contributed by atoms with Crippen molar-refractivity contribution >= 4 is 11.5 Å². The van der Waals surface area contributed by atoms with Crippen molar-refractivity contribution in [2.24, 2.45) is 0 Å². The van der Waals surface area contributed by atoms with Crippen LogP contribution in [0.25, 0.3) is 5.57 Å². The molecule has 1 heterocycles. The van der Waals surface area contributed by atoms with Crippen LogP contribution in [-0.2, 0) is 14.3 Å². The summed E-state index contributed by atoms with van der Waals surface area (Å²) in [6, 6.07) is 17.3. The van der Waals surface area contributed by atoms with E-state index in [2.05, 4.69) is 16.0 Å². The number of hydrogen-bond donors (Lipinski definition) is 0. The topological polar surface area (TPSA) is 104 Å². The van der Waals surface area contributed by atoms with Crippen LogP contribution >= 0.6 is 0 Å². The molecule has 1 aromatic heterocycles. The lowest BCUT2D eigenvalue weighted by Gasteiger charge is -2.13. The minimum atomic E-state index is -0.565. The molecule has 8 nitrogen and oxygen atoms in total. The fourth-order valence-corrected chi connectivity index (χ4v) is 2.58. The predicted molar refractivity (Wildman–Crippen MR) is 111 cm³/mol. The van der Waals surface area contributed by atoms with Gasteiger partial charge in [-0.05, 0) is 25.1 Å². The largest absolute Gasteiger partial charge is 0.501 e. The van der Waals surface area contributed by atoms with Crippen LogP contribution in [0.1, 0.15) is 18.1 Å². The Bertz CT molecular complexity index is 1140. The van der Waals surface area contributed by atoms with E-state index < -0.39 is 5.97 Å². The molecule has 0 bridgehead atoms. The highest BCUT2D eigenvalue weighted by atomic mass is 16.5. The van der Waals surface area contributed by atoms with E-state index in [4.69, 9.17) is 18.9 Å². The summed E-state index contributed by atoms with van der Waals surface area (Å²) in [6.07, 6.45) is 2.61. The van der Waals surface area contributed by atoms with Gasteiger partial charge < -0.3 is 18.9 Å². The second kappa shape index (κ2) is 10.4. The van der Waals surface area contributed by atoms with Gasteiger partial charge in [0.1, 0.15) is 29.5 Å². The predicted octanol–water partition coefficient (Wildman–Crippen LogP) is 4.48. The average Bonchev–Trinajstić information content (AvgIpc) is 2.80. The maximum Gasteiger partial charge on any atom is 0.341 e. The molecule has 8 heteroatoms. The molecule has 31 heavy (non-hydrogen) atoms. The average molecular weight is 417 g/mol. The zero-order valence-electron chi connectivity index (χ0n) is 16.9. The number of aromatic nitrogens is 2. The molecule has 0 unspecified atom stereocenters. The number of nitriles is 1. The molecule has 0 N–H and O–H groups in total. The number of nitrogens with zero attached hydrogens (tertiary/aromatic N) is 3. The molecule has 156 valence electrons. The van der Waals surface area contributed by atoms with Crippen molar-refractivity contribution in [1.82, 2.24) is 9.97 Å².